The highest BCUT2D eigenvalue weighted by atomic mass is 16.6. The Labute approximate surface area is 116 Å². The molecule has 2 aromatic heterocycles. The van der Waals surface area contributed by atoms with Gasteiger partial charge in [-0.3, -0.25) is 15.1 Å². The number of nitro groups is 1. The van der Waals surface area contributed by atoms with Crippen LogP contribution in [0, 0.1) is 17.0 Å². The lowest BCUT2D eigenvalue weighted by Crippen LogP contribution is -2.46. The molecule has 0 amide bonds. The standard InChI is InChI=1S/C14H14N4O2/c1-10-6-12(18(19)20)7-16-14(10)17-8-11(9-17)13-4-2-3-5-15-13/h2-7,11H,8-9H2,1H3. The summed E-state index contributed by atoms with van der Waals surface area (Å²) in [6.45, 7) is 3.55. The number of hydrogen-bond donors (Lipinski definition) is 0. The Morgan fingerprint density at radius 2 is 2.15 bits per heavy atom. The monoisotopic (exact) mass is 270 g/mol. The van der Waals surface area contributed by atoms with Crippen molar-refractivity contribution < 1.29 is 4.92 Å². The second kappa shape index (κ2) is 4.88. The zero-order valence-electron chi connectivity index (χ0n) is 11.1. The molecule has 3 rings (SSSR count). The van der Waals surface area contributed by atoms with E-state index in [2.05, 4.69) is 14.9 Å². The molecule has 0 atom stereocenters. The third-order valence-electron chi connectivity index (χ3n) is 3.53. The summed E-state index contributed by atoms with van der Waals surface area (Å²) in [5.41, 5.74) is 1.95. The maximum atomic E-state index is 10.7. The van der Waals surface area contributed by atoms with Crippen LogP contribution in [0.2, 0.25) is 0 Å². The number of rotatable bonds is 3. The zero-order chi connectivity index (χ0) is 14.1. The fourth-order valence-corrected chi connectivity index (χ4v) is 2.44. The summed E-state index contributed by atoms with van der Waals surface area (Å²) in [6, 6.07) is 7.48. The maximum Gasteiger partial charge on any atom is 0.287 e. The van der Waals surface area contributed by atoms with Crippen molar-refractivity contribution in [3.63, 3.8) is 0 Å². The van der Waals surface area contributed by atoms with Gasteiger partial charge in [-0.05, 0) is 24.6 Å². The van der Waals surface area contributed by atoms with Crippen LogP contribution in [0.3, 0.4) is 0 Å². The summed E-state index contributed by atoms with van der Waals surface area (Å²) in [7, 11) is 0. The quantitative estimate of drug-likeness (QED) is 0.632. The van der Waals surface area contributed by atoms with E-state index < -0.39 is 4.92 Å². The van der Waals surface area contributed by atoms with Crippen LogP contribution in [-0.2, 0) is 0 Å². The maximum absolute atomic E-state index is 10.7. The molecule has 1 fully saturated rings. The molecule has 0 saturated carbocycles. The fraction of sp³-hybridized carbons (Fsp3) is 0.286. The normalized spacial score (nSPS) is 14.9. The van der Waals surface area contributed by atoms with E-state index in [1.165, 1.54) is 6.20 Å². The number of aromatic nitrogens is 2. The van der Waals surface area contributed by atoms with Gasteiger partial charge in [0.2, 0.25) is 0 Å². The smallest absolute Gasteiger partial charge is 0.287 e. The van der Waals surface area contributed by atoms with Gasteiger partial charge in [0.05, 0.1) is 4.92 Å². The van der Waals surface area contributed by atoms with E-state index in [0.717, 1.165) is 30.2 Å². The van der Waals surface area contributed by atoms with Crippen molar-refractivity contribution in [1.29, 1.82) is 0 Å². The van der Waals surface area contributed by atoms with Crippen molar-refractivity contribution in [2.75, 3.05) is 18.0 Å². The van der Waals surface area contributed by atoms with Gasteiger partial charge in [-0.2, -0.15) is 0 Å². The van der Waals surface area contributed by atoms with Gasteiger partial charge in [-0.1, -0.05) is 6.07 Å². The van der Waals surface area contributed by atoms with Crippen LogP contribution in [-0.4, -0.2) is 28.0 Å². The van der Waals surface area contributed by atoms with Crippen LogP contribution in [0.4, 0.5) is 11.5 Å². The van der Waals surface area contributed by atoms with E-state index in [0.29, 0.717) is 5.92 Å². The van der Waals surface area contributed by atoms with Crippen molar-refractivity contribution in [3.8, 4) is 0 Å². The third-order valence-corrected chi connectivity index (χ3v) is 3.53. The van der Waals surface area contributed by atoms with E-state index in [-0.39, 0.29) is 5.69 Å². The Balaban J connectivity index is 1.73. The molecule has 1 aliphatic heterocycles. The Morgan fingerprint density at radius 3 is 2.75 bits per heavy atom. The van der Waals surface area contributed by atoms with E-state index in [1.54, 1.807) is 12.3 Å². The van der Waals surface area contributed by atoms with Gasteiger partial charge in [0.1, 0.15) is 12.0 Å². The van der Waals surface area contributed by atoms with Gasteiger partial charge in [-0.15, -0.1) is 0 Å². The van der Waals surface area contributed by atoms with Crippen molar-refractivity contribution in [1.82, 2.24) is 9.97 Å². The average molecular weight is 270 g/mol. The lowest BCUT2D eigenvalue weighted by atomic mass is 9.95. The minimum atomic E-state index is -0.420. The molecule has 102 valence electrons. The lowest BCUT2D eigenvalue weighted by molar-refractivity contribution is -0.385. The first-order valence-electron chi connectivity index (χ1n) is 6.42. The van der Waals surface area contributed by atoms with Gasteiger partial charge in [0.25, 0.3) is 5.69 Å². The molecule has 0 bridgehead atoms. The Hall–Kier alpha value is -2.50. The minimum absolute atomic E-state index is 0.0352. The number of anilines is 1. The first-order valence-corrected chi connectivity index (χ1v) is 6.42. The van der Waals surface area contributed by atoms with Crippen molar-refractivity contribution in [2.45, 2.75) is 12.8 Å². The van der Waals surface area contributed by atoms with E-state index in [4.69, 9.17) is 0 Å². The molecule has 6 heteroatoms. The van der Waals surface area contributed by atoms with E-state index in [1.807, 2.05) is 25.1 Å². The third kappa shape index (κ3) is 2.20. The van der Waals surface area contributed by atoms with E-state index >= 15 is 0 Å². The molecule has 1 saturated heterocycles. The second-order valence-corrected chi connectivity index (χ2v) is 4.95. The molecule has 0 unspecified atom stereocenters. The van der Waals surface area contributed by atoms with Gasteiger partial charge < -0.3 is 4.90 Å². The highest BCUT2D eigenvalue weighted by Crippen LogP contribution is 2.32. The predicted molar refractivity (Wildman–Crippen MR) is 74.8 cm³/mol. The van der Waals surface area contributed by atoms with Crippen LogP contribution in [0.15, 0.2) is 36.7 Å². The number of nitrogens with zero attached hydrogens (tertiary/aromatic N) is 4. The Morgan fingerprint density at radius 1 is 1.35 bits per heavy atom. The molecule has 0 N–H and O–H groups in total. The molecule has 0 spiro atoms. The van der Waals surface area contributed by atoms with Crippen LogP contribution in [0.25, 0.3) is 0 Å². The molecule has 20 heavy (non-hydrogen) atoms. The molecule has 0 radical (unpaired) electrons. The molecular weight excluding hydrogens is 256 g/mol. The van der Waals surface area contributed by atoms with Gasteiger partial charge in [0.15, 0.2) is 0 Å². The summed E-state index contributed by atoms with van der Waals surface area (Å²) in [5, 5.41) is 10.7. The number of hydrogen-bond acceptors (Lipinski definition) is 5. The zero-order valence-corrected chi connectivity index (χ0v) is 11.1. The SMILES string of the molecule is Cc1cc([N+](=O)[O-])cnc1N1CC(c2ccccn2)C1. The molecule has 0 aromatic carbocycles. The van der Waals surface area contributed by atoms with Crippen LogP contribution < -0.4 is 4.90 Å². The number of aryl methyl sites for hydroxylation is 1. The van der Waals surface area contributed by atoms with Crippen LogP contribution in [0.5, 0.6) is 0 Å². The largest absolute Gasteiger partial charge is 0.355 e. The molecule has 6 nitrogen and oxygen atoms in total. The average Bonchev–Trinajstić information content (AvgIpc) is 2.40. The van der Waals surface area contributed by atoms with Gasteiger partial charge in [0, 0.05) is 37.0 Å². The molecule has 3 heterocycles. The Bertz CT molecular complexity index is 639. The number of pyridine rings is 2. The highest BCUT2D eigenvalue weighted by Gasteiger charge is 2.31. The molecule has 1 aliphatic rings. The van der Waals surface area contributed by atoms with Crippen LogP contribution in [0.1, 0.15) is 17.2 Å². The van der Waals surface area contributed by atoms with Gasteiger partial charge >= 0.3 is 0 Å². The first kappa shape index (κ1) is 12.5. The summed E-state index contributed by atoms with van der Waals surface area (Å²) in [6.07, 6.45) is 3.11. The van der Waals surface area contributed by atoms with Crippen molar-refractivity contribution in [3.05, 3.63) is 58.0 Å². The second-order valence-electron chi connectivity index (χ2n) is 4.95. The fourth-order valence-electron chi connectivity index (χ4n) is 2.44. The molecule has 0 aliphatic carbocycles. The molecular formula is C14H14N4O2. The van der Waals surface area contributed by atoms with Gasteiger partial charge in [-0.25, -0.2) is 4.98 Å². The summed E-state index contributed by atoms with van der Waals surface area (Å²) < 4.78 is 0. The topological polar surface area (TPSA) is 72.2 Å². The summed E-state index contributed by atoms with van der Waals surface area (Å²) in [5.74, 6) is 1.23. The predicted octanol–water partition coefficient (Wildman–Crippen LogP) is 2.30. The summed E-state index contributed by atoms with van der Waals surface area (Å²) in [4.78, 5) is 21.0. The van der Waals surface area contributed by atoms with Crippen molar-refractivity contribution >= 4 is 11.5 Å². The first-order chi connectivity index (χ1) is 9.65. The van der Waals surface area contributed by atoms with Crippen LogP contribution >= 0.6 is 0 Å². The summed E-state index contributed by atoms with van der Waals surface area (Å²) >= 11 is 0. The Kier molecular flexibility index (Phi) is 3.06. The minimum Gasteiger partial charge on any atom is -0.355 e. The molecule has 2 aromatic rings. The highest BCUT2D eigenvalue weighted by molar-refractivity contribution is 5.53. The lowest BCUT2D eigenvalue weighted by Gasteiger charge is -2.40. The van der Waals surface area contributed by atoms with Crippen molar-refractivity contribution in [2.24, 2.45) is 0 Å². The van der Waals surface area contributed by atoms with E-state index in [9.17, 15) is 10.1 Å².